The van der Waals surface area contributed by atoms with Gasteiger partial charge in [-0.1, -0.05) is 18.2 Å². The number of fused-ring (bicyclic) bond motifs is 1. The van der Waals surface area contributed by atoms with Gasteiger partial charge in [0.1, 0.15) is 5.92 Å². The van der Waals surface area contributed by atoms with Crippen molar-refractivity contribution < 1.29 is 19.4 Å². The maximum Gasteiger partial charge on any atom is 0.322 e. The molecule has 2 aliphatic heterocycles. The van der Waals surface area contributed by atoms with Crippen molar-refractivity contribution in [2.45, 2.75) is 24.8 Å². The molecule has 1 fully saturated rings. The standard InChI is InChI=1S/C15H18N2O4/c18-14(19)12-8-17(13-6-2-1-5-11(12)13)15(20)16-10-4-3-7-21-9-10/h1-2,5-6,10,12H,3-4,7-9H2,(H,16,20)(H,18,19). The van der Waals surface area contributed by atoms with E-state index in [0.29, 0.717) is 17.9 Å². The molecule has 6 nitrogen and oxygen atoms in total. The largest absolute Gasteiger partial charge is 0.481 e. The van der Waals surface area contributed by atoms with Crippen LogP contribution >= 0.6 is 0 Å². The number of para-hydroxylation sites is 1. The molecule has 3 rings (SSSR count). The van der Waals surface area contributed by atoms with Crippen LogP contribution in [0.4, 0.5) is 10.5 Å². The number of carboxylic acids is 1. The van der Waals surface area contributed by atoms with Crippen LogP contribution in [-0.4, -0.2) is 42.9 Å². The van der Waals surface area contributed by atoms with Crippen molar-refractivity contribution >= 4 is 17.7 Å². The Bertz CT molecular complexity index is 554. The molecule has 1 saturated heterocycles. The van der Waals surface area contributed by atoms with E-state index in [0.717, 1.165) is 19.4 Å². The molecule has 2 N–H and O–H groups in total. The molecule has 2 atom stereocenters. The summed E-state index contributed by atoms with van der Waals surface area (Å²) in [5, 5.41) is 12.2. The number of rotatable bonds is 2. The second-order valence-corrected chi connectivity index (χ2v) is 5.42. The third-order valence-electron chi connectivity index (χ3n) is 4.00. The number of ether oxygens (including phenoxy) is 1. The van der Waals surface area contributed by atoms with Gasteiger partial charge in [0.05, 0.1) is 12.6 Å². The molecule has 21 heavy (non-hydrogen) atoms. The van der Waals surface area contributed by atoms with Crippen molar-refractivity contribution in [3.63, 3.8) is 0 Å². The van der Waals surface area contributed by atoms with E-state index in [1.807, 2.05) is 6.07 Å². The van der Waals surface area contributed by atoms with Crippen LogP contribution in [0.5, 0.6) is 0 Å². The maximum atomic E-state index is 12.4. The molecule has 2 heterocycles. The second-order valence-electron chi connectivity index (χ2n) is 5.42. The van der Waals surface area contributed by atoms with Gasteiger partial charge >= 0.3 is 12.0 Å². The molecular formula is C15H18N2O4. The summed E-state index contributed by atoms with van der Waals surface area (Å²) in [5.74, 6) is -1.56. The number of nitrogens with one attached hydrogen (secondary N) is 1. The number of anilines is 1. The van der Waals surface area contributed by atoms with Gasteiger partial charge in [-0.05, 0) is 24.5 Å². The number of nitrogens with zero attached hydrogens (tertiary/aromatic N) is 1. The lowest BCUT2D eigenvalue weighted by atomic mass is 10.0. The Balaban J connectivity index is 1.76. The van der Waals surface area contributed by atoms with Crippen LogP contribution in [0.2, 0.25) is 0 Å². The first-order chi connectivity index (χ1) is 10.2. The minimum Gasteiger partial charge on any atom is -0.481 e. The van der Waals surface area contributed by atoms with E-state index in [9.17, 15) is 14.7 Å². The molecule has 1 aromatic carbocycles. The van der Waals surface area contributed by atoms with Gasteiger partial charge in [-0.3, -0.25) is 9.69 Å². The highest BCUT2D eigenvalue weighted by Gasteiger charge is 2.36. The Labute approximate surface area is 122 Å². The Hall–Kier alpha value is -2.08. The highest BCUT2D eigenvalue weighted by molar-refractivity contribution is 5.98. The van der Waals surface area contributed by atoms with Gasteiger partial charge in [0.2, 0.25) is 0 Å². The van der Waals surface area contributed by atoms with Crippen LogP contribution in [-0.2, 0) is 9.53 Å². The van der Waals surface area contributed by atoms with Crippen LogP contribution in [0.1, 0.15) is 24.3 Å². The third kappa shape index (κ3) is 2.71. The monoisotopic (exact) mass is 290 g/mol. The first-order valence-electron chi connectivity index (χ1n) is 7.14. The number of amides is 2. The topological polar surface area (TPSA) is 78.9 Å². The molecule has 2 aliphatic rings. The van der Waals surface area contributed by atoms with Crippen LogP contribution < -0.4 is 10.2 Å². The van der Waals surface area contributed by atoms with Gasteiger partial charge in [-0.15, -0.1) is 0 Å². The van der Waals surface area contributed by atoms with E-state index in [1.54, 1.807) is 18.2 Å². The highest BCUT2D eigenvalue weighted by atomic mass is 16.5. The van der Waals surface area contributed by atoms with E-state index in [4.69, 9.17) is 4.74 Å². The molecule has 0 radical (unpaired) electrons. The molecule has 0 aromatic heterocycles. The minimum atomic E-state index is -0.904. The van der Waals surface area contributed by atoms with Crippen molar-refractivity contribution in [3.8, 4) is 0 Å². The lowest BCUT2D eigenvalue weighted by Gasteiger charge is -2.26. The molecular weight excluding hydrogens is 272 g/mol. The summed E-state index contributed by atoms with van der Waals surface area (Å²) in [4.78, 5) is 25.3. The third-order valence-corrected chi connectivity index (χ3v) is 4.00. The zero-order valence-corrected chi connectivity index (χ0v) is 11.6. The van der Waals surface area contributed by atoms with Crippen molar-refractivity contribution in [3.05, 3.63) is 29.8 Å². The number of carboxylic acid groups (broad SMARTS) is 1. The fraction of sp³-hybridized carbons (Fsp3) is 0.467. The van der Waals surface area contributed by atoms with Crippen molar-refractivity contribution in [1.82, 2.24) is 5.32 Å². The average molecular weight is 290 g/mol. The molecule has 1 aromatic rings. The first kappa shape index (κ1) is 13.9. The molecule has 0 aliphatic carbocycles. The van der Waals surface area contributed by atoms with Gasteiger partial charge in [0.25, 0.3) is 0 Å². The SMILES string of the molecule is O=C(O)C1CN(C(=O)NC2CCCOC2)c2ccccc21. The van der Waals surface area contributed by atoms with Crippen LogP contribution in [0.3, 0.4) is 0 Å². The average Bonchev–Trinajstić information content (AvgIpc) is 2.88. The number of aliphatic carboxylic acids is 1. The Morgan fingerprint density at radius 2 is 2.14 bits per heavy atom. The Morgan fingerprint density at radius 1 is 1.33 bits per heavy atom. The maximum absolute atomic E-state index is 12.4. The van der Waals surface area contributed by atoms with Crippen LogP contribution in [0, 0.1) is 0 Å². The van der Waals surface area contributed by atoms with Gasteiger partial charge < -0.3 is 15.2 Å². The smallest absolute Gasteiger partial charge is 0.322 e. The molecule has 2 amide bonds. The molecule has 6 heteroatoms. The Kier molecular flexibility index (Phi) is 3.79. The number of carbonyl (C=O) groups is 2. The summed E-state index contributed by atoms with van der Waals surface area (Å²) in [6.07, 6.45) is 1.82. The predicted octanol–water partition coefficient (Wildman–Crippen LogP) is 1.56. The van der Waals surface area contributed by atoms with E-state index < -0.39 is 11.9 Å². The van der Waals surface area contributed by atoms with Crippen LogP contribution in [0.15, 0.2) is 24.3 Å². The minimum absolute atomic E-state index is 0.00212. The van der Waals surface area contributed by atoms with Gasteiger partial charge in [-0.25, -0.2) is 4.79 Å². The van der Waals surface area contributed by atoms with E-state index in [1.165, 1.54) is 4.90 Å². The van der Waals surface area contributed by atoms with E-state index in [-0.39, 0.29) is 18.6 Å². The highest BCUT2D eigenvalue weighted by Crippen LogP contribution is 2.36. The van der Waals surface area contributed by atoms with Crippen molar-refractivity contribution in [2.75, 3.05) is 24.7 Å². The number of urea groups is 1. The van der Waals surface area contributed by atoms with Crippen molar-refractivity contribution in [2.24, 2.45) is 0 Å². The summed E-state index contributed by atoms with van der Waals surface area (Å²) in [6, 6.07) is 6.92. The normalized spacial score (nSPS) is 24.5. The Morgan fingerprint density at radius 3 is 2.86 bits per heavy atom. The fourth-order valence-corrected chi connectivity index (χ4v) is 2.92. The van der Waals surface area contributed by atoms with Gasteiger partial charge in [0.15, 0.2) is 0 Å². The first-order valence-corrected chi connectivity index (χ1v) is 7.14. The summed E-state index contributed by atoms with van der Waals surface area (Å²) in [7, 11) is 0. The van der Waals surface area contributed by atoms with E-state index in [2.05, 4.69) is 5.32 Å². The number of hydrogen-bond donors (Lipinski definition) is 2. The van der Waals surface area contributed by atoms with E-state index >= 15 is 0 Å². The number of carbonyl (C=O) groups excluding carboxylic acids is 1. The quantitative estimate of drug-likeness (QED) is 0.866. The molecule has 112 valence electrons. The summed E-state index contributed by atoms with van der Waals surface area (Å²) >= 11 is 0. The number of benzene rings is 1. The molecule has 2 unspecified atom stereocenters. The second kappa shape index (κ2) is 5.73. The molecule has 0 spiro atoms. The van der Waals surface area contributed by atoms with Crippen molar-refractivity contribution in [1.29, 1.82) is 0 Å². The summed E-state index contributed by atoms with van der Waals surface area (Å²) in [5.41, 5.74) is 1.37. The predicted molar refractivity (Wildman–Crippen MR) is 76.5 cm³/mol. The van der Waals surface area contributed by atoms with Gasteiger partial charge in [-0.2, -0.15) is 0 Å². The van der Waals surface area contributed by atoms with Crippen LogP contribution in [0.25, 0.3) is 0 Å². The lowest BCUT2D eigenvalue weighted by Crippen LogP contribution is -2.47. The zero-order chi connectivity index (χ0) is 14.8. The lowest BCUT2D eigenvalue weighted by molar-refractivity contribution is -0.138. The zero-order valence-electron chi connectivity index (χ0n) is 11.6. The summed E-state index contributed by atoms with van der Waals surface area (Å²) in [6.45, 7) is 1.43. The summed E-state index contributed by atoms with van der Waals surface area (Å²) < 4.78 is 5.35. The molecule has 0 bridgehead atoms. The van der Waals surface area contributed by atoms with Gasteiger partial charge in [0, 0.05) is 18.8 Å². The fourth-order valence-electron chi connectivity index (χ4n) is 2.92. The number of hydrogen-bond acceptors (Lipinski definition) is 3. The molecule has 0 saturated carbocycles.